The summed E-state index contributed by atoms with van der Waals surface area (Å²) in [4.78, 5) is 24.1. The van der Waals surface area contributed by atoms with Crippen molar-refractivity contribution in [3.05, 3.63) is 29.8 Å². The molecule has 1 aromatic rings. The molecule has 1 aliphatic rings. The fraction of sp³-hybridized carbons (Fsp3) is 0.385. The normalized spacial score (nSPS) is 21.6. The fourth-order valence-electron chi connectivity index (χ4n) is 1.96. The van der Waals surface area contributed by atoms with Gasteiger partial charge in [-0.1, -0.05) is 0 Å². The molecular weight excluding hydrogens is 307 g/mol. The Hall–Kier alpha value is -1.70. The number of benzene rings is 1. The smallest absolute Gasteiger partial charge is 0.343 e. The van der Waals surface area contributed by atoms with Crippen molar-refractivity contribution in [1.29, 1.82) is 0 Å². The molecule has 0 radical (unpaired) electrons. The average molecular weight is 319 g/mol. The molecule has 2 rings (SSSR count). The lowest BCUT2D eigenvalue weighted by Gasteiger charge is -2.17. The fourth-order valence-corrected chi connectivity index (χ4v) is 2.79. The molecule has 1 saturated heterocycles. The molecule has 0 saturated carbocycles. The van der Waals surface area contributed by atoms with Gasteiger partial charge < -0.3 is 10.0 Å². The molecule has 0 aliphatic carbocycles. The summed E-state index contributed by atoms with van der Waals surface area (Å²) in [6.45, 7) is -0.459. The number of hydrogen-bond acceptors (Lipinski definition) is 3. The molecule has 1 fully saturated rings. The third-order valence-electron chi connectivity index (χ3n) is 3.21. The maximum atomic E-state index is 13.8. The molecule has 1 unspecified atom stereocenters. The summed E-state index contributed by atoms with van der Waals surface area (Å²) < 4.78 is 39.6. The number of carbonyl (C=O) groups is 2. The van der Waals surface area contributed by atoms with E-state index >= 15 is 0 Å². The van der Waals surface area contributed by atoms with Crippen LogP contribution in [0.5, 0.6) is 0 Å². The monoisotopic (exact) mass is 319 g/mol. The second-order valence-corrected chi connectivity index (χ2v) is 5.75. The number of likely N-dealkylation sites (tertiary alicyclic amines) is 1. The average Bonchev–Trinajstić information content (AvgIpc) is 2.84. The summed E-state index contributed by atoms with van der Waals surface area (Å²) in [6, 6.07) is 3.25. The van der Waals surface area contributed by atoms with Crippen molar-refractivity contribution in [3.63, 3.8) is 0 Å². The molecule has 1 heterocycles. The summed E-state index contributed by atoms with van der Waals surface area (Å²) in [5.74, 6) is -4.10. The minimum Gasteiger partial charge on any atom is -0.479 e. The number of carbonyl (C=O) groups excluding carboxylic acids is 1. The first kappa shape index (κ1) is 15.7. The number of alkyl halides is 1. The molecule has 114 valence electrons. The number of halogens is 3. The number of hydrogen-bond donors (Lipinski definition) is 1. The second kappa shape index (κ2) is 5.97. The van der Waals surface area contributed by atoms with Gasteiger partial charge in [-0.25, -0.2) is 18.0 Å². The number of amides is 1. The van der Waals surface area contributed by atoms with Crippen molar-refractivity contribution in [2.45, 2.75) is 17.0 Å². The van der Waals surface area contributed by atoms with Crippen LogP contribution in [-0.4, -0.2) is 46.4 Å². The van der Waals surface area contributed by atoms with Gasteiger partial charge in [-0.3, -0.25) is 4.79 Å². The van der Waals surface area contributed by atoms with Crippen LogP contribution in [0.4, 0.5) is 13.2 Å². The molecule has 1 amide bonds. The molecule has 1 atom stereocenters. The lowest BCUT2D eigenvalue weighted by Crippen LogP contribution is -2.39. The predicted octanol–water partition coefficient (Wildman–Crippen LogP) is 2.08. The number of thioether (sulfide) groups is 1. The Morgan fingerprint density at radius 2 is 2.05 bits per heavy atom. The van der Waals surface area contributed by atoms with Crippen LogP contribution in [0.15, 0.2) is 23.1 Å². The summed E-state index contributed by atoms with van der Waals surface area (Å²) in [5.41, 5.74) is -2.40. The van der Waals surface area contributed by atoms with Crippen LogP contribution in [0.25, 0.3) is 0 Å². The lowest BCUT2D eigenvalue weighted by molar-refractivity contribution is -0.150. The Morgan fingerprint density at radius 1 is 1.33 bits per heavy atom. The predicted molar refractivity (Wildman–Crippen MR) is 69.8 cm³/mol. The Labute approximate surface area is 122 Å². The van der Waals surface area contributed by atoms with Crippen molar-refractivity contribution < 1.29 is 27.9 Å². The highest BCUT2D eigenvalue weighted by Crippen LogP contribution is 2.27. The van der Waals surface area contributed by atoms with E-state index in [-0.39, 0.29) is 18.7 Å². The Morgan fingerprint density at radius 3 is 2.62 bits per heavy atom. The maximum Gasteiger partial charge on any atom is 0.343 e. The first-order chi connectivity index (χ1) is 9.82. The highest BCUT2D eigenvalue weighted by molar-refractivity contribution is 8.00. The molecule has 1 aromatic carbocycles. The molecular formula is C13H12F3NO3S. The van der Waals surface area contributed by atoms with Crippen LogP contribution < -0.4 is 0 Å². The van der Waals surface area contributed by atoms with Crippen LogP contribution in [0.3, 0.4) is 0 Å². The van der Waals surface area contributed by atoms with E-state index in [0.29, 0.717) is 4.90 Å². The number of nitrogens with zero attached hydrogens (tertiary/aromatic N) is 1. The molecule has 21 heavy (non-hydrogen) atoms. The van der Waals surface area contributed by atoms with E-state index in [9.17, 15) is 22.8 Å². The molecule has 0 bridgehead atoms. The van der Waals surface area contributed by atoms with Gasteiger partial charge in [0.2, 0.25) is 11.6 Å². The zero-order valence-electron chi connectivity index (χ0n) is 10.8. The van der Waals surface area contributed by atoms with Gasteiger partial charge in [-0.15, -0.1) is 11.8 Å². The van der Waals surface area contributed by atoms with Gasteiger partial charge in [0, 0.05) is 17.9 Å². The Balaban J connectivity index is 1.91. The molecule has 0 spiro atoms. The highest BCUT2D eigenvalue weighted by Gasteiger charge is 2.46. The van der Waals surface area contributed by atoms with E-state index < -0.39 is 35.7 Å². The van der Waals surface area contributed by atoms with Crippen molar-refractivity contribution in [3.8, 4) is 0 Å². The van der Waals surface area contributed by atoms with Crippen LogP contribution in [-0.2, 0) is 9.59 Å². The summed E-state index contributed by atoms with van der Waals surface area (Å²) in [6.07, 6.45) is -0.246. The zero-order valence-corrected chi connectivity index (χ0v) is 11.6. The standard InChI is InChI=1S/C13H12F3NO3S/c14-9-2-1-8(5-10(9)15)21-6-11(18)17-4-3-13(16,7-17)12(19)20/h1-2,5H,3-4,6-7H2,(H,19,20). The highest BCUT2D eigenvalue weighted by atomic mass is 32.2. The van der Waals surface area contributed by atoms with Gasteiger partial charge in [-0.05, 0) is 18.2 Å². The Kier molecular flexibility index (Phi) is 4.46. The topological polar surface area (TPSA) is 57.6 Å². The molecule has 4 nitrogen and oxygen atoms in total. The van der Waals surface area contributed by atoms with Gasteiger partial charge in [0.05, 0.1) is 12.3 Å². The van der Waals surface area contributed by atoms with E-state index in [1.165, 1.54) is 6.07 Å². The van der Waals surface area contributed by atoms with Crippen molar-refractivity contribution in [2.24, 2.45) is 0 Å². The van der Waals surface area contributed by atoms with Crippen molar-refractivity contribution in [2.75, 3.05) is 18.8 Å². The first-order valence-corrected chi connectivity index (χ1v) is 7.08. The van der Waals surface area contributed by atoms with Gasteiger partial charge in [0.25, 0.3) is 0 Å². The molecule has 1 N–H and O–H groups in total. The lowest BCUT2D eigenvalue weighted by atomic mass is 10.1. The van der Waals surface area contributed by atoms with Gasteiger partial charge in [0.15, 0.2) is 11.6 Å². The molecule has 8 heteroatoms. The van der Waals surface area contributed by atoms with E-state index in [4.69, 9.17) is 5.11 Å². The van der Waals surface area contributed by atoms with Crippen LogP contribution >= 0.6 is 11.8 Å². The van der Waals surface area contributed by atoms with E-state index in [1.807, 2.05) is 0 Å². The van der Waals surface area contributed by atoms with Crippen LogP contribution in [0.1, 0.15) is 6.42 Å². The quantitative estimate of drug-likeness (QED) is 0.863. The van der Waals surface area contributed by atoms with Crippen molar-refractivity contribution >= 4 is 23.6 Å². The van der Waals surface area contributed by atoms with Gasteiger partial charge >= 0.3 is 5.97 Å². The maximum absolute atomic E-state index is 13.8. The van der Waals surface area contributed by atoms with Gasteiger partial charge in [0.1, 0.15) is 0 Å². The van der Waals surface area contributed by atoms with Crippen LogP contribution in [0, 0.1) is 11.6 Å². The largest absolute Gasteiger partial charge is 0.479 e. The SMILES string of the molecule is O=C(CSc1ccc(F)c(F)c1)N1CCC(F)(C(=O)O)C1. The third kappa shape index (κ3) is 3.49. The van der Waals surface area contributed by atoms with Crippen LogP contribution in [0.2, 0.25) is 0 Å². The van der Waals surface area contributed by atoms with Crippen molar-refractivity contribution in [1.82, 2.24) is 4.90 Å². The summed E-state index contributed by atoms with van der Waals surface area (Å²) in [7, 11) is 0. The zero-order chi connectivity index (χ0) is 15.6. The number of rotatable bonds is 4. The van der Waals surface area contributed by atoms with E-state index in [2.05, 4.69) is 0 Å². The molecule has 1 aliphatic heterocycles. The summed E-state index contributed by atoms with van der Waals surface area (Å²) in [5, 5.41) is 8.74. The summed E-state index contributed by atoms with van der Waals surface area (Å²) >= 11 is 0.979. The Bertz CT molecular complexity index is 584. The van der Waals surface area contributed by atoms with E-state index in [1.54, 1.807) is 0 Å². The minimum absolute atomic E-state index is 0.0278. The van der Waals surface area contributed by atoms with Gasteiger partial charge in [-0.2, -0.15) is 0 Å². The number of carboxylic acid groups (broad SMARTS) is 1. The number of aliphatic carboxylic acids is 1. The molecule has 0 aromatic heterocycles. The number of carboxylic acids is 1. The first-order valence-electron chi connectivity index (χ1n) is 6.10. The third-order valence-corrected chi connectivity index (χ3v) is 4.19. The minimum atomic E-state index is -2.40. The van der Waals surface area contributed by atoms with E-state index in [0.717, 1.165) is 28.8 Å². The second-order valence-electron chi connectivity index (χ2n) is 4.70.